The first-order chi connectivity index (χ1) is 63.0. The number of carboxylic acid groups (broad SMARTS) is 2. The molecule has 0 radical (unpaired) electrons. The number of amides is 8. The molecule has 1 aliphatic carbocycles. The Labute approximate surface area is 796 Å². The smallest absolute Gasteiger partial charge is 0.409 e. The highest BCUT2D eigenvalue weighted by atomic mass is 16.6. The topological polar surface area (TPSA) is 467 Å². The number of carbonyl (C=O) groups excluding carboxylic acids is 9. The molecule has 10 aliphatic rings. The molecule has 12 N–H and O–H groups in total. The number of hydrogen-bond acceptors (Lipinski definition) is 27. The summed E-state index contributed by atoms with van der Waals surface area (Å²) in [6.45, 7) is 47.8. The maximum atomic E-state index is 11.6. The molecule has 10 heterocycles. The van der Waals surface area contributed by atoms with Crippen LogP contribution >= 0.6 is 0 Å². The lowest BCUT2D eigenvalue weighted by atomic mass is 9.85. The number of unbranched alkanes of at least 4 members (excludes halogenated alkanes) is 2. The Bertz CT molecular complexity index is 3480. The summed E-state index contributed by atoms with van der Waals surface area (Å²) >= 11 is 0. The van der Waals surface area contributed by atoms with Crippen LogP contribution in [-0.4, -0.2) is 397 Å². The van der Waals surface area contributed by atoms with Gasteiger partial charge < -0.3 is 116 Å². The van der Waals surface area contributed by atoms with Crippen LogP contribution in [-0.2, 0) is 68.5 Å². The monoisotopic (exact) mass is 1890 g/mol. The Hall–Kier alpha value is -8.57. The summed E-state index contributed by atoms with van der Waals surface area (Å²) < 4.78 is 24.5. The van der Waals surface area contributed by atoms with Gasteiger partial charge in [-0.1, -0.05) is 101 Å². The van der Waals surface area contributed by atoms with Crippen molar-refractivity contribution in [3.63, 3.8) is 0 Å². The summed E-state index contributed by atoms with van der Waals surface area (Å²) in [6.07, 6.45) is 23.3. The number of likely N-dealkylation sites (N-methyl/N-ethyl adjacent to an activating group) is 4. The van der Waals surface area contributed by atoms with Crippen molar-refractivity contribution in [3.8, 4) is 0 Å². The van der Waals surface area contributed by atoms with Gasteiger partial charge in [0.2, 0.25) is 17.7 Å². The van der Waals surface area contributed by atoms with E-state index in [4.69, 9.17) is 34.9 Å². The number of H-pyrrole nitrogens is 2. The summed E-state index contributed by atoms with van der Waals surface area (Å²) in [5, 5.41) is 39.9. The van der Waals surface area contributed by atoms with Crippen molar-refractivity contribution < 1.29 is 86.6 Å². The summed E-state index contributed by atoms with van der Waals surface area (Å²) in [7, 11) is 20.7. The number of hydrogen-bond donors (Lipinski definition) is 11. The number of urea groups is 2. The minimum atomic E-state index is -0.937. The second kappa shape index (κ2) is 71.0. The Kier molecular flexibility index (Phi) is 66.4. The van der Waals surface area contributed by atoms with Crippen LogP contribution in [0, 0.1) is 17.8 Å². The number of methoxy groups -OCH3 is 3. The van der Waals surface area contributed by atoms with Crippen LogP contribution in [0.2, 0.25) is 0 Å². The number of esters is 2. The highest BCUT2D eigenvalue weighted by Gasteiger charge is 2.47. The van der Waals surface area contributed by atoms with Gasteiger partial charge in [0.15, 0.2) is 11.7 Å². The quantitative estimate of drug-likeness (QED) is 0.0136. The first-order valence-corrected chi connectivity index (χ1v) is 48.5. The molecular weight excluding hydrogens is 1710 g/mol. The number of carboxylic acids is 2. The number of aryl methyl sites for hydroxylation is 1. The number of ketones is 1. The SMILES string of the molecule is C=C(OC)N(CCC)C1CCN(C)CC1.C=C1CN(C)CC(=O)N1.CCCC(C)C(=O)O.CCCC(C)C(=O)OC.CCCCCC(C)C(=O)O.CCCOCCNC.CCCc1n[nH]c(=O)[nH]1.CCOC(=O)N1CCN(C)CC1.CN1CCC2(CC1)NC(=O)CC2=O.CN1CCC2(CCC(=O)N2)CC1.CN1CCN(C(=O)NC2CC2)CC1.COC(=O)C1(NC(N)=O)CCN(C)CC1. The Morgan fingerprint density at radius 1 is 0.564 bits per heavy atom. The predicted octanol–water partition coefficient (Wildman–Crippen LogP) is 7.23. The molecule has 39 nitrogen and oxygen atoms in total. The first kappa shape index (κ1) is 124. The normalized spacial score (nSPS) is 19.4. The molecule has 39 heteroatoms. The molecule has 2 spiro atoms. The van der Waals surface area contributed by atoms with Gasteiger partial charge >= 0.3 is 47.7 Å². The van der Waals surface area contributed by atoms with Crippen molar-refractivity contribution in [3.05, 3.63) is 41.0 Å². The molecule has 3 unspecified atom stereocenters. The minimum Gasteiger partial charge on any atom is -0.483 e. The molecule has 3 atom stereocenters. The van der Waals surface area contributed by atoms with Gasteiger partial charge in [-0.3, -0.25) is 43.4 Å². The number of rotatable bonds is 27. The number of ether oxygens (including phenoxy) is 5. The van der Waals surface area contributed by atoms with Crippen LogP contribution in [0.15, 0.2) is 29.5 Å². The van der Waals surface area contributed by atoms with Gasteiger partial charge in [-0.15, -0.1) is 0 Å². The highest BCUT2D eigenvalue weighted by molar-refractivity contribution is 6.10. The zero-order chi connectivity index (χ0) is 101. The number of aromatic nitrogens is 3. The molecule has 11 rings (SSSR count). The van der Waals surface area contributed by atoms with E-state index in [1.807, 2.05) is 65.7 Å². The number of likely N-dealkylation sites (tertiary alicyclic amines) is 4. The van der Waals surface area contributed by atoms with E-state index in [0.717, 1.165) is 257 Å². The molecule has 1 aromatic rings. The summed E-state index contributed by atoms with van der Waals surface area (Å²) in [5.41, 5.74) is 4.38. The molecule has 133 heavy (non-hydrogen) atoms. The van der Waals surface area contributed by atoms with Crippen LogP contribution in [0.3, 0.4) is 0 Å². The lowest BCUT2D eigenvalue weighted by molar-refractivity contribution is -0.150. The molecule has 9 aliphatic heterocycles. The third kappa shape index (κ3) is 55.3. The molecule has 0 aromatic carbocycles. The van der Waals surface area contributed by atoms with Crippen molar-refractivity contribution in [1.82, 2.24) is 96.1 Å². The van der Waals surface area contributed by atoms with Gasteiger partial charge in [0, 0.05) is 154 Å². The number of Topliss-reactive ketones (excluding diaryl/α,β-unsaturated/α-hetero) is 1. The number of aliphatic carboxylic acids is 2. The standard InChI is InChI=1S/C12H24N2O.C9H17N3O3.C9H17N3O.C9H14N2O2.C9H16N2O.C8H16N2O2.C8H16O2.C7H14O2.C6H10N2O.C6H15NO.C6H12O2.C5H9N3O/c1-5-8-14(11(2)15-4)12-6-9-13(3)10-7-12;1-12-5-3-9(4-6-12,7(13)15-2)11-8(10)14;1-11-4-6-12(7-5-11)9(13)10-8-2-3-8;1-11-4-2-9(3-5-11)7(12)6-8(13)10-9;1-11-6-4-9(5-7-11)3-2-8(12)10-9;1-3-12-8(11)10-6-4-9(2)5-7-10;1-3-4-5-6-7(2)8(9)10;1-4-5-6(2)7(8)9-3;1-5-3-8(2)4-6(9)7-5;1-3-5-8-6-4-7-2;1-3-4-5(2)6(7)8;1-2-3-4-6-5(9)8-7-4/h12H,2,5-10H2,1,3-4H3;3-6H2,1-2H3,(H3,10,11,14);8H,2-7H2,1H3,(H,10,13);2-6H2,1H3,(H,10,13);2-7H2,1H3,(H,10,12);3-7H2,1-2H3;7H,3-6H2,1-2H3,(H,9,10);6H,4-5H2,1-3H3;1,3-4H2,2H3,(H,7,9);7H,3-6H2,1-2H3;5H,3-4H2,1-2H3,(H,7,8);2-3H2,1H3,(H2,6,7,8,9). The number of nitrogens with one attached hydrogen (secondary N) is 8. The molecule has 9 saturated heterocycles. The number of piperidine rings is 4. The van der Waals surface area contributed by atoms with E-state index < -0.39 is 35.0 Å². The lowest BCUT2D eigenvalue weighted by Gasteiger charge is -2.38. The van der Waals surface area contributed by atoms with Crippen molar-refractivity contribution >= 4 is 65.5 Å². The zero-order valence-electron chi connectivity index (χ0n) is 85.6. The van der Waals surface area contributed by atoms with E-state index in [9.17, 15) is 57.5 Å². The predicted molar refractivity (Wildman–Crippen MR) is 520 cm³/mol. The van der Waals surface area contributed by atoms with Crippen molar-refractivity contribution in [2.24, 2.45) is 23.5 Å². The Balaban J connectivity index is 0.00000144. The molecule has 0 bridgehead atoms. The maximum absolute atomic E-state index is 11.6. The number of primary amides is 1. The van der Waals surface area contributed by atoms with Crippen molar-refractivity contribution in [2.75, 3.05) is 228 Å². The fraction of sp³-hybridized carbons (Fsp3) is 0.819. The molecule has 1 saturated carbocycles. The van der Waals surface area contributed by atoms with E-state index in [0.29, 0.717) is 38.1 Å². The summed E-state index contributed by atoms with van der Waals surface area (Å²) in [6, 6.07) is 0.543. The number of piperazine rings is 3. The van der Waals surface area contributed by atoms with E-state index in [1.54, 1.807) is 25.9 Å². The number of nitrogens with zero attached hydrogens (tertiary/aromatic N) is 11. The summed E-state index contributed by atoms with van der Waals surface area (Å²) in [4.78, 5) is 155. The van der Waals surface area contributed by atoms with Gasteiger partial charge in [0.25, 0.3) is 0 Å². The third-order valence-corrected chi connectivity index (χ3v) is 24.1. The lowest BCUT2D eigenvalue weighted by Crippen LogP contribution is -2.61. The van der Waals surface area contributed by atoms with Gasteiger partial charge in [0.1, 0.15) is 16.9 Å². The van der Waals surface area contributed by atoms with Gasteiger partial charge in [-0.2, -0.15) is 5.10 Å². The Morgan fingerprint density at radius 2 is 1.08 bits per heavy atom. The highest BCUT2D eigenvalue weighted by Crippen LogP contribution is 2.32. The molecule has 10 fully saturated rings. The van der Waals surface area contributed by atoms with Crippen LogP contribution in [0.1, 0.15) is 229 Å². The number of carbonyl (C=O) groups is 11. The van der Waals surface area contributed by atoms with Crippen LogP contribution in [0.4, 0.5) is 14.4 Å². The number of nitrogens with two attached hydrogens (primary N) is 1. The van der Waals surface area contributed by atoms with Crippen molar-refractivity contribution in [2.45, 2.75) is 258 Å². The van der Waals surface area contributed by atoms with E-state index in [1.165, 1.54) is 53.0 Å². The van der Waals surface area contributed by atoms with Crippen molar-refractivity contribution in [1.29, 1.82) is 0 Å². The van der Waals surface area contributed by atoms with E-state index in [-0.39, 0.29) is 77.0 Å². The van der Waals surface area contributed by atoms with Crippen LogP contribution < -0.4 is 43.3 Å². The Morgan fingerprint density at radius 3 is 1.49 bits per heavy atom. The van der Waals surface area contributed by atoms with E-state index >= 15 is 0 Å². The largest absolute Gasteiger partial charge is 0.483 e. The summed E-state index contributed by atoms with van der Waals surface area (Å²) in [5.74, 6) is -0.303. The average molecular weight is 1890 g/mol. The molecular formula is C94H180N20O19. The zero-order valence-corrected chi connectivity index (χ0v) is 85.6. The van der Waals surface area contributed by atoms with E-state index in [2.05, 4.69) is 155 Å². The third-order valence-electron chi connectivity index (χ3n) is 24.1. The fourth-order valence-electron chi connectivity index (χ4n) is 15.1. The first-order valence-electron chi connectivity index (χ1n) is 48.5. The molecule has 8 amide bonds. The molecule has 1 aromatic heterocycles. The number of aromatic amines is 2. The fourth-order valence-corrected chi connectivity index (χ4v) is 15.1. The average Bonchev–Trinajstić information content (AvgIpc) is 1.72. The van der Waals surface area contributed by atoms with Gasteiger partial charge in [-0.05, 0) is 192 Å². The van der Waals surface area contributed by atoms with Crippen LogP contribution in [0.25, 0.3) is 0 Å². The second-order valence-electron chi connectivity index (χ2n) is 36.3. The van der Waals surface area contributed by atoms with Crippen LogP contribution in [0.5, 0.6) is 0 Å². The van der Waals surface area contributed by atoms with Gasteiger partial charge in [-0.25, -0.2) is 29.1 Å². The van der Waals surface area contributed by atoms with Gasteiger partial charge in [0.05, 0.1) is 65.3 Å². The maximum Gasteiger partial charge on any atom is 0.409 e. The minimum absolute atomic E-state index is 0.0359. The molecule has 770 valence electrons. The second-order valence-corrected chi connectivity index (χ2v) is 36.3.